The third kappa shape index (κ3) is 16.1. The first-order chi connectivity index (χ1) is 16.4. The van der Waals surface area contributed by atoms with Crippen molar-refractivity contribution in [1.82, 2.24) is 0 Å². The topological polar surface area (TPSA) is 124 Å². The van der Waals surface area contributed by atoms with Gasteiger partial charge < -0.3 is 25.2 Å². The second-order valence-corrected chi connectivity index (χ2v) is 8.95. The fourth-order valence-electron chi connectivity index (χ4n) is 3.70. The first kappa shape index (κ1) is 32.5. The molecule has 0 aliphatic carbocycles. The van der Waals surface area contributed by atoms with Crippen LogP contribution in [0.4, 0.5) is 0 Å². The maximum atomic E-state index is 12.5. The quantitative estimate of drug-likeness (QED) is 0.0743. The molecule has 0 saturated heterocycles. The summed E-state index contributed by atoms with van der Waals surface area (Å²) in [4.78, 5) is 24.0. The molecule has 0 aromatic carbocycles. The Balaban J connectivity index is 4.01. The molecule has 0 aliphatic rings. The first-order valence-corrected chi connectivity index (χ1v) is 13.0. The van der Waals surface area contributed by atoms with Crippen molar-refractivity contribution in [2.75, 3.05) is 6.61 Å². The molecule has 0 radical (unpaired) electrons. The second kappa shape index (κ2) is 22.0. The highest BCUT2D eigenvalue weighted by Crippen LogP contribution is 2.15. The predicted molar refractivity (Wildman–Crippen MR) is 134 cm³/mol. The molecule has 0 aromatic heterocycles. The number of unbranched alkanes of at least 4 members (excludes halogenated alkanes) is 12. The molecule has 0 spiro atoms. The Kier molecular flexibility index (Phi) is 21.0. The average Bonchev–Trinajstić information content (AvgIpc) is 2.85. The molecular weight excluding hydrogens is 436 g/mol. The van der Waals surface area contributed by atoms with E-state index in [0.29, 0.717) is 6.42 Å². The summed E-state index contributed by atoms with van der Waals surface area (Å²) in [5, 5.41) is 38.5. The van der Waals surface area contributed by atoms with Crippen molar-refractivity contribution < 1.29 is 34.8 Å². The number of aliphatic hydroxyl groups is 4. The standard InChI is InChI=1S/C27H48O7/c1-3-5-6-7-8-9-10-11-12-13-14-15-16-17-18-19-20-22(29)27(34-24(31)4-2)26(33)25(32)23(30)21-28/h4,11-12,23,25-28,30,32-33H,2-3,5-10,13-21H2,1H3/t23-,25-,26+,27+/m1/s1. The Morgan fingerprint density at radius 1 is 0.794 bits per heavy atom. The third-order valence-corrected chi connectivity index (χ3v) is 5.90. The number of ether oxygens (including phenoxy) is 1. The summed E-state index contributed by atoms with van der Waals surface area (Å²) < 4.78 is 4.90. The van der Waals surface area contributed by atoms with Crippen molar-refractivity contribution in [3.63, 3.8) is 0 Å². The highest BCUT2D eigenvalue weighted by Gasteiger charge is 2.37. The van der Waals surface area contributed by atoms with Gasteiger partial charge in [-0.2, -0.15) is 0 Å². The lowest BCUT2D eigenvalue weighted by Gasteiger charge is -2.27. The highest BCUT2D eigenvalue weighted by atomic mass is 16.6. The van der Waals surface area contributed by atoms with Gasteiger partial charge in [0.25, 0.3) is 0 Å². The smallest absolute Gasteiger partial charge is 0.330 e. The van der Waals surface area contributed by atoms with E-state index in [1.165, 1.54) is 44.9 Å². The van der Waals surface area contributed by atoms with Crippen molar-refractivity contribution in [1.29, 1.82) is 0 Å². The molecule has 0 amide bonds. The van der Waals surface area contributed by atoms with Crippen molar-refractivity contribution in [3.05, 3.63) is 24.8 Å². The molecule has 0 aliphatic heterocycles. The van der Waals surface area contributed by atoms with Gasteiger partial charge in [-0.05, 0) is 32.1 Å². The van der Waals surface area contributed by atoms with Crippen molar-refractivity contribution in [3.8, 4) is 0 Å². The summed E-state index contributed by atoms with van der Waals surface area (Å²) in [6, 6.07) is 0. The predicted octanol–water partition coefficient (Wildman–Crippen LogP) is 4.16. The molecule has 0 saturated carbocycles. The van der Waals surface area contributed by atoms with Gasteiger partial charge in [-0.3, -0.25) is 4.79 Å². The Labute approximate surface area is 205 Å². The average molecular weight is 485 g/mol. The van der Waals surface area contributed by atoms with Crippen LogP contribution < -0.4 is 0 Å². The van der Waals surface area contributed by atoms with Gasteiger partial charge in [0.2, 0.25) is 0 Å². The Bertz CT molecular complexity index is 561. The minimum Gasteiger partial charge on any atom is -0.448 e. The molecule has 34 heavy (non-hydrogen) atoms. The zero-order chi connectivity index (χ0) is 25.6. The third-order valence-electron chi connectivity index (χ3n) is 5.90. The summed E-state index contributed by atoms with van der Waals surface area (Å²) in [6.07, 6.45) is 14.6. The molecule has 4 N–H and O–H groups in total. The van der Waals surface area contributed by atoms with Gasteiger partial charge in [-0.25, -0.2) is 4.79 Å². The van der Waals surface area contributed by atoms with Gasteiger partial charge in [-0.15, -0.1) is 0 Å². The Morgan fingerprint density at radius 2 is 1.29 bits per heavy atom. The fourth-order valence-corrected chi connectivity index (χ4v) is 3.70. The molecule has 4 atom stereocenters. The number of hydrogen-bond acceptors (Lipinski definition) is 7. The maximum Gasteiger partial charge on any atom is 0.330 e. The van der Waals surface area contributed by atoms with Crippen LogP contribution in [0.25, 0.3) is 0 Å². The lowest BCUT2D eigenvalue weighted by Crippen LogP contribution is -2.50. The zero-order valence-corrected chi connectivity index (χ0v) is 21.1. The highest BCUT2D eigenvalue weighted by molar-refractivity contribution is 5.88. The number of ketones is 1. The number of esters is 1. The summed E-state index contributed by atoms with van der Waals surface area (Å²) in [7, 11) is 0. The Morgan fingerprint density at radius 3 is 1.79 bits per heavy atom. The van der Waals surface area contributed by atoms with Gasteiger partial charge in [0.15, 0.2) is 11.9 Å². The van der Waals surface area contributed by atoms with Crippen LogP contribution in [0, 0.1) is 0 Å². The number of rotatable bonds is 23. The van der Waals surface area contributed by atoms with E-state index in [9.17, 15) is 24.9 Å². The lowest BCUT2D eigenvalue weighted by molar-refractivity contribution is -0.169. The van der Waals surface area contributed by atoms with Gasteiger partial charge >= 0.3 is 5.97 Å². The molecule has 0 heterocycles. The van der Waals surface area contributed by atoms with E-state index in [4.69, 9.17) is 9.84 Å². The van der Waals surface area contributed by atoms with E-state index < -0.39 is 42.8 Å². The zero-order valence-electron chi connectivity index (χ0n) is 21.1. The van der Waals surface area contributed by atoms with Gasteiger partial charge in [0.05, 0.1) is 6.61 Å². The molecule has 7 heteroatoms. The number of Topliss-reactive ketones (excluding diaryl/α,β-unsaturated/α-hetero) is 1. The maximum absolute atomic E-state index is 12.5. The largest absolute Gasteiger partial charge is 0.448 e. The van der Waals surface area contributed by atoms with Gasteiger partial charge in [0.1, 0.15) is 18.3 Å². The molecule has 7 nitrogen and oxygen atoms in total. The Hall–Kier alpha value is -1.54. The van der Waals surface area contributed by atoms with Crippen LogP contribution in [0.15, 0.2) is 24.8 Å². The van der Waals surface area contributed by atoms with Gasteiger partial charge in [0, 0.05) is 12.5 Å². The monoisotopic (exact) mass is 484 g/mol. The molecule has 198 valence electrons. The van der Waals surface area contributed by atoms with E-state index in [0.717, 1.165) is 44.6 Å². The van der Waals surface area contributed by atoms with Crippen LogP contribution in [-0.2, 0) is 14.3 Å². The van der Waals surface area contributed by atoms with Crippen LogP contribution >= 0.6 is 0 Å². The summed E-state index contributed by atoms with van der Waals surface area (Å²) in [6.45, 7) is 4.69. The number of aliphatic hydroxyl groups excluding tert-OH is 4. The number of allylic oxidation sites excluding steroid dienone is 2. The summed E-state index contributed by atoms with van der Waals surface area (Å²) in [5.74, 6) is -1.45. The van der Waals surface area contributed by atoms with Crippen molar-refractivity contribution >= 4 is 11.8 Å². The number of carbonyl (C=O) groups is 2. The summed E-state index contributed by atoms with van der Waals surface area (Å²) >= 11 is 0. The normalized spacial score (nSPS) is 15.1. The molecule has 0 bridgehead atoms. The van der Waals surface area contributed by atoms with E-state index in [1.807, 2.05) is 0 Å². The minimum atomic E-state index is -1.84. The second-order valence-electron chi connectivity index (χ2n) is 8.95. The lowest BCUT2D eigenvalue weighted by atomic mass is 9.97. The fraction of sp³-hybridized carbons (Fsp3) is 0.778. The van der Waals surface area contributed by atoms with E-state index in [1.54, 1.807) is 0 Å². The molecule has 0 unspecified atom stereocenters. The van der Waals surface area contributed by atoms with Crippen LogP contribution in [0.3, 0.4) is 0 Å². The van der Waals surface area contributed by atoms with Crippen LogP contribution in [0.1, 0.15) is 103 Å². The first-order valence-electron chi connectivity index (χ1n) is 13.0. The molecule has 0 fully saturated rings. The molecular formula is C27H48O7. The van der Waals surface area contributed by atoms with Crippen LogP contribution in [0.5, 0.6) is 0 Å². The van der Waals surface area contributed by atoms with Crippen LogP contribution in [-0.4, -0.2) is 63.2 Å². The number of carbonyl (C=O) groups excluding carboxylic acids is 2. The summed E-state index contributed by atoms with van der Waals surface area (Å²) in [5.41, 5.74) is 0. The number of hydrogen-bond donors (Lipinski definition) is 4. The molecule has 0 aromatic rings. The van der Waals surface area contributed by atoms with Crippen molar-refractivity contribution in [2.45, 2.75) is 128 Å². The van der Waals surface area contributed by atoms with Gasteiger partial charge in [-0.1, -0.05) is 83.4 Å². The van der Waals surface area contributed by atoms with Crippen LogP contribution in [0.2, 0.25) is 0 Å². The van der Waals surface area contributed by atoms with E-state index >= 15 is 0 Å². The van der Waals surface area contributed by atoms with Crippen molar-refractivity contribution in [2.24, 2.45) is 0 Å². The molecule has 0 rings (SSSR count). The van der Waals surface area contributed by atoms with E-state index in [-0.39, 0.29) is 6.42 Å². The SMILES string of the molecule is C=CC(=O)O[C@@H](C(=O)CCCCCCCCC=CCCCCCCCC)[C@@H](O)[C@H](O)[C@H](O)CO. The minimum absolute atomic E-state index is 0.0786. The van der Waals surface area contributed by atoms with E-state index in [2.05, 4.69) is 25.7 Å².